The number of hydrogen-bond donors (Lipinski definition) is 0. The molecule has 3 atom stereocenters. The molecule has 0 nitrogen and oxygen atoms in total. The Morgan fingerprint density at radius 1 is 1.36 bits per heavy atom. The van der Waals surface area contributed by atoms with Crippen LogP contribution in [-0.4, -0.2) is 0 Å². The van der Waals surface area contributed by atoms with Crippen LogP contribution in [0.4, 0.5) is 0 Å². The van der Waals surface area contributed by atoms with Crippen molar-refractivity contribution >= 4 is 0 Å². The fraction of sp³-hybridized carbons (Fsp3) is 1.00. The lowest BCUT2D eigenvalue weighted by Crippen LogP contribution is -1.99. The molecular weight excluding hydrogens is 132 g/mol. The minimum absolute atomic E-state index is 1.04. The quantitative estimate of drug-likeness (QED) is 0.564. The topological polar surface area (TPSA) is 0 Å². The molecule has 0 aromatic rings. The molecule has 66 valence electrons. The first-order valence-electron chi connectivity index (χ1n) is 5.27. The predicted octanol–water partition coefficient (Wildman–Crippen LogP) is 3.86. The third-order valence-corrected chi connectivity index (χ3v) is 3.19. The molecule has 0 aliphatic heterocycles. The molecular formula is C11H22. The molecule has 1 aliphatic carbocycles. The van der Waals surface area contributed by atoms with Crippen LogP contribution in [0.5, 0.6) is 0 Å². The number of rotatable bonds is 5. The van der Waals surface area contributed by atoms with Crippen LogP contribution in [0.2, 0.25) is 0 Å². The van der Waals surface area contributed by atoms with Crippen LogP contribution in [0, 0.1) is 17.8 Å². The highest BCUT2D eigenvalue weighted by atomic mass is 14.4. The minimum atomic E-state index is 1.04. The second kappa shape index (κ2) is 4.13. The molecule has 0 saturated heterocycles. The second-order valence-electron chi connectivity index (χ2n) is 4.27. The van der Waals surface area contributed by atoms with Gasteiger partial charge in [-0.25, -0.2) is 0 Å². The third-order valence-electron chi connectivity index (χ3n) is 3.19. The van der Waals surface area contributed by atoms with Crippen LogP contribution >= 0.6 is 0 Å². The first-order valence-corrected chi connectivity index (χ1v) is 5.27. The average molecular weight is 154 g/mol. The highest BCUT2D eigenvalue weighted by molar-refractivity contribution is 4.83. The Bertz CT molecular complexity index is 107. The maximum absolute atomic E-state index is 2.39. The molecule has 0 radical (unpaired) electrons. The van der Waals surface area contributed by atoms with Gasteiger partial charge in [0.05, 0.1) is 0 Å². The van der Waals surface area contributed by atoms with E-state index in [0.717, 1.165) is 17.8 Å². The van der Waals surface area contributed by atoms with Crippen LogP contribution in [0.25, 0.3) is 0 Å². The molecule has 0 spiro atoms. The first-order chi connectivity index (χ1) is 5.27. The lowest BCUT2D eigenvalue weighted by Gasteiger charge is -2.12. The van der Waals surface area contributed by atoms with E-state index in [1.54, 1.807) is 0 Å². The van der Waals surface area contributed by atoms with Gasteiger partial charge in [-0.3, -0.25) is 0 Å². The standard InChI is InChI=1S/C11H22/c1-4-6-10(5-2)8-11-7-9(11)3/h9-11H,4-8H2,1-3H3. The normalized spacial score (nSPS) is 31.9. The van der Waals surface area contributed by atoms with Crippen molar-refractivity contribution in [3.63, 3.8) is 0 Å². The molecule has 0 aromatic carbocycles. The molecule has 0 amide bonds. The average Bonchev–Trinajstić information content (AvgIpc) is 2.66. The van der Waals surface area contributed by atoms with E-state index in [1.165, 1.54) is 32.1 Å². The Balaban J connectivity index is 2.10. The molecule has 0 N–H and O–H groups in total. The van der Waals surface area contributed by atoms with Crippen LogP contribution in [0.3, 0.4) is 0 Å². The van der Waals surface area contributed by atoms with Gasteiger partial charge in [0.2, 0.25) is 0 Å². The monoisotopic (exact) mass is 154 g/mol. The maximum Gasteiger partial charge on any atom is -0.0383 e. The zero-order valence-electron chi connectivity index (χ0n) is 8.27. The van der Waals surface area contributed by atoms with Crippen molar-refractivity contribution in [1.29, 1.82) is 0 Å². The fourth-order valence-corrected chi connectivity index (χ4v) is 2.05. The van der Waals surface area contributed by atoms with Gasteiger partial charge in [0, 0.05) is 0 Å². The summed E-state index contributed by atoms with van der Waals surface area (Å²) in [5.74, 6) is 3.20. The zero-order valence-corrected chi connectivity index (χ0v) is 8.27. The molecule has 0 heteroatoms. The highest BCUT2D eigenvalue weighted by Crippen LogP contribution is 2.43. The molecule has 1 rings (SSSR count). The van der Waals surface area contributed by atoms with E-state index in [-0.39, 0.29) is 0 Å². The molecule has 1 saturated carbocycles. The van der Waals surface area contributed by atoms with Gasteiger partial charge in [0.15, 0.2) is 0 Å². The van der Waals surface area contributed by atoms with Gasteiger partial charge in [-0.1, -0.05) is 40.0 Å². The van der Waals surface area contributed by atoms with E-state index < -0.39 is 0 Å². The van der Waals surface area contributed by atoms with Gasteiger partial charge in [-0.2, -0.15) is 0 Å². The van der Waals surface area contributed by atoms with E-state index in [1.807, 2.05) is 0 Å². The summed E-state index contributed by atoms with van der Waals surface area (Å²) in [5, 5.41) is 0. The lowest BCUT2D eigenvalue weighted by atomic mass is 9.94. The summed E-state index contributed by atoms with van der Waals surface area (Å²) in [6, 6.07) is 0. The highest BCUT2D eigenvalue weighted by Gasteiger charge is 2.33. The van der Waals surface area contributed by atoms with Crippen LogP contribution in [-0.2, 0) is 0 Å². The zero-order chi connectivity index (χ0) is 8.27. The molecule has 0 heterocycles. The van der Waals surface area contributed by atoms with Crippen molar-refractivity contribution < 1.29 is 0 Å². The Hall–Kier alpha value is 0. The Labute approximate surface area is 71.4 Å². The van der Waals surface area contributed by atoms with Crippen LogP contribution < -0.4 is 0 Å². The van der Waals surface area contributed by atoms with Crippen molar-refractivity contribution in [3.05, 3.63) is 0 Å². The summed E-state index contributed by atoms with van der Waals surface area (Å²) in [7, 11) is 0. The Kier molecular flexibility index (Phi) is 3.42. The van der Waals surface area contributed by atoms with Crippen molar-refractivity contribution in [1.82, 2.24) is 0 Å². The molecule has 0 aromatic heterocycles. The van der Waals surface area contributed by atoms with Crippen molar-refractivity contribution in [2.24, 2.45) is 17.8 Å². The summed E-state index contributed by atoms with van der Waals surface area (Å²) >= 11 is 0. The lowest BCUT2D eigenvalue weighted by molar-refractivity contribution is 0.400. The molecule has 11 heavy (non-hydrogen) atoms. The van der Waals surface area contributed by atoms with Crippen molar-refractivity contribution in [3.8, 4) is 0 Å². The SMILES string of the molecule is CCCC(CC)CC1CC1C. The van der Waals surface area contributed by atoms with Crippen molar-refractivity contribution in [2.75, 3.05) is 0 Å². The molecule has 1 aliphatic rings. The van der Waals surface area contributed by atoms with E-state index in [0.29, 0.717) is 0 Å². The summed E-state index contributed by atoms with van der Waals surface area (Å²) < 4.78 is 0. The summed E-state index contributed by atoms with van der Waals surface area (Å²) in [6.07, 6.45) is 7.27. The van der Waals surface area contributed by atoms with Gasteiger partial charge in [0.1, 0.15) is 0 Å². The Morgan fingerprint density at radius 3 is 2.36 bits per heavy atom. The van der Waals surface area contributed by atoms with E-state index in [2.05, 4.69) is 20.8 Å². The molecule has 0 bridgehead atoms. The molecule has 1 fully saturated rings. The summed E-state index contributed by atoms with van der Waals surface area (Å²) in [6.45, 7) is 7.04. The van der Waals surface area contributed by atoms with Gasteiger partial charge in [-0.15, -0.1) is 0 Å². The van der Waals surface area contributed by atoms with E-state index in [4.69, 9.17) is 0 Å². The minimum Gasteiger partial charge on any atom is -0.0654 e. The van der Waals surface area contributed by atoms with Crippen LogP contribution in [0.1, 0.15) is 52.9 Å². The van der Waals surface area contributed by atoms with Gasteiger partial charge < -0.3 is 0 Å². The summed E-state index contributed by atoms with van der Waals surface area (Å²) in [5.41, 5.74) is 0. The second-order valence-corrected chi connectivity index (χ2v) is 4.27. The van der Waals surface area contributed by atoms with Crippen LogP contribution in [0.15, 0.2) is 0 Å². The maximum atomic E-state index is 2.39. The van der Waals surface area contributed by atoms with Crippen molar-refractivity contribution in [2.45, 2.75) is 52.9 Å². The van der Waals surface area contributed by atoms with Gasteiger partial charge in [-0.05, 0) is 30.6 Å². The Morgan fingerprint density at radius 2 is 2.00 bits per heavy atom. The largest absolute Gasteiger partial charge is 0.0654 e. The third kappa shape index (κ3) is 2.84. The van der Waals surface area contributed by atoms with Gasteiger partial charge >= 0.3 is 0 Å². The first kappa shape index (κ1) is 9.09. The summed E-state index contributed by atoms with van der Waals surface area (Å²) in [4.78, 5) is 0. The fourth-order valence-electron chi connectivity index (χ4n) is 2.05. The van der Waals surface area contributed by atoms with E-state index >= 15 is 0 Å². The smallest absolute Gasteiger partial charge is 0.0383 e. The molecule has 3 unspecified atom stereocenters. The predicted molar refractivity (Wildman–Crippen MR) is 50.6 cm³/mol. The van der Waals surface area contributed by atoms with E-state index in [9.17, 15) is 0 Å². The number of hydrogen-bond acceptors (Lipinski definition) is 0. The van der Waals surface area contributed by atoms with Gasteiger partial charge in [0.25, 0.3) is 0 Å².